The number of aliphatic carboxylic acids is 1. The summed E-state index contributed by atoms with van der Waals surface area (Å²) < 4.78 is 0. The number of amides is 1. The average molecular weight is 254 g/mol. The van der Waals surface area contributed by atoms with Crippen LogP contribution in [0.3, 0.4) is 0 Å². The van der Waals surface area contributed by atoms with Crippen LogP contribution in [0.1, 0.15) is 39.0 Å². The highest BCUT2D eigenvalue weighted by Crippen LogP contribution is 2.29. The fourth-order valence-electron chi connectivity index (χ4n) is 2.95. The van der Waals surface area contributed by atoms with Crippen LogP contribution in [0.2, 0.25) is 0 Å². The maximum atomic E-state index is 12.3. The topological polar surface area (TPSA) is 78.4 Å². The second-order valence-corrected chi connectivity index (χ2v) is 5.86. The molecule has 18 heavy (non-hydrogen) atoms. The number of hydrogen-bond acceptors (Lipinski definition) is 3. The maximum Gasteiger partial charge on any atom is 0.306 e. The molecule has 1 aliphatic carbocycles. The van der Waals surface area contributed by atoms with Gasteiger partial charge in [-0.15, -0.1) is 0 Å². The van der Waals surface area contributed by atoms with Gasteiger partial charge >= 0.3 is 5.97 Å². The van der Waals surface area contributed by atoms with Crippen molar-refractivity contribution in [3.05, 3.63) is 0 Å². The first-order chi connectivity index (χ1) is 8.51. The lowest BCUT2D eigenvalue weighted by atomic mass is 9.81. The fourth-order valence-corrected chi connectivity index (χ4v) is 2.95. The molecule has 0 bridgehead atoms. The number of carbonyl (C=O) groups excluding carboxylic acids is 1. The zero-order chi connectivity index (χ0) is 13.2. The van der Waals surface area contributed by atoms with Crippen molar-refractivity contribution < 1.29 is 14.7 Å². The number of carboxylic acids is 1. The van der Waals surface area contributed by atoms with Crippen molar-refractivity contribution in [3.8, 4) is 0 Å². The second kappa shape index (κ2) is 5.26. The Morgan fingerprint density at radius 1 is 1.39 bits per heavy atom. The Morgan fingerprint density at radius 2 is 2.17 bits per heavy atom. The molecular weight excluding hydrogens is 232 g/mol. The highest BCUT2D eigenvalue weighted by molar-refractivity contribution is 5.83. The van der Waals surface area contributed by atoms with Crippen LogP contribution in [0.15, 0.2) is 0 Å². The van der Waals surface area contributed by atoms with Gasteiger partial charge in [0, 0.05) is 12.6 Å². The first-order valence-electron chi connectivity index (χ1n) is 6.76. The summed E-state index contributed by atoms with van der Waals surface area (Å²) in [5.41, 5.74) is -0.334. The van der Waals surface area contributed by atoms with Gasteiger partial charge in [-0.2, -0.15) is 0 Å². The summed E-state index contributed by atoms with van der Waals surface area (Å²) in [7, 11) is 0. The molecule has 1 amide bonds. The predicted molar refractivity (Wildman–Crippen MR) is 67.1 cm³/mol. The normalized spacial score (nSPS) is 36.3. The molecule has 0 spiro atoms. The van der Waals surface area contributed by atoms with Gasteiger partial charge in [0.25, 0.3) is 0 Å². The lowest BCUT2D eigenvalue weighted by Crippen LogP contribution is -2.50. The molecule has 2 rings (SSSR count). The Hall–Kier alpha value is -1.10. The molecule has 1 heterocycles. The zero-order valence-electron chi connectivity index (χ0n) is 10.9. The number of hydrogen-bond donors (Lipinski definition) is 3. The van der Waals surface area contributed by atoms with Gasteiger partial charge in [0.05, 0.1) is 11.3 Å². The van der Waals surface area contributed by atoms with Crippen LogP contribution in [-0.4, -0.2) is 36.1 Å². The van der Waals surface area contributed by atoms with E-state index in [4.69, 9.17) is 5.11 Å². The van der Waals surface area contributed by atoms with Gasteiger partial charge in [0.1, 0.15) is 0 Å². The van der Waals surface area contributed by atoms with Gasteiger partial charge in [0.15, 0.2) is 0 Å². The first kappa shape index (κ1) is 13.3. The summed E-state index contributed by atoms with van der Waals surface area (Å²) in [5, 5.41) is 15.2. The summed E-state index contributed by atoms with van der Waals surface area (Å²) in [4.78, 5) is 23.1. The lowest BCUT2D eigenvalue weighted by Gasteiger charge is -2.33. The Kier molecular flexibility index (Phi) is 3.90. The van der Waals surface area contributed by atoms with Gasteiger partial charge in [0.2, 0.25) is 5.91 Å². The molecule has 3 atom stereocenters. The number of rotatable bonds is 3. The van der Waals surface area contributed by atoms with Crippen molar-refractivity contribution in [3.63, 3.8) is 0 Å². The smallest absolute Gasteiger partial charge is 0.306 e. The van der Waals surface area contributed by atoms with Gasteiger partial charge in [-0.05, 0) is 45.6 Å². The van der Waals surface area contributed by atoms with E-state index in [1.54, 1.807) is 0 Å². The maximum absolute atomic E-state index is 12.3. The van der Waals surface area contributed by atoms with Crippen LogP contribution in [0, 0.1) is 11.3 Å². The summed E-state index contributed by atoms with van der Waals surface area (Å²) in [5.74, 6) is -0.949. The quantitative estimate of drug-likeness (QED) is 0.694. The van der Waals surface area contributed by atoms with Gasteiger partial charge < -0.3 is 15.7 Å². The Bertz CT molecular complexity index is 337. The molecule has 0 aromatic carbocycles. The van der Waals surface area contributed by atoms with Crippen molar-refractivity contribution in [1.29, 1.82) is 0 Å². The number of carbonyl (C=O) groups is 2. The standard InChI is InChI=1S/C13H22N2O3/c1-13(5-2-6-14-8-13)12(18)15-10-4-3-9(7-10)11(16)17/h9-10,14H,2-8H2,1H3,(H,15,18)(H,16,17). The van der Waals surface area contributed by atoms with E-state index in [0.717, 1.165) is 25.8 Å². The van der Waals surface area contributed by atoms with Crippen LogP contribution in [0.5, 0.6) is 0 Å². The molecule has 1 saturated heterocycles. The largest absolute Gasteiger partial charge is 0.481 e. The summed E-state index contributed by atoms with van der Waals surface area (Å²) in [6.07, 6.45) is 3.96. The lowest BCUT2D eigenvalue weighted by molar-refractivity contribution is -0.141. The van der Waals surface area contributed by atoms with Crippen molar-refractivity contribution in [2.24, 2.45) is 11.3 Å². The summed E-state index contributed by atoms with van der Waals surface area (Å²) in [6, 6.07) is 0.0392. The summed E-state index contributed by atoms with van der Waals surface area (Å²) in [6.45, 7) is 3.68. The second-order valence-electron chi connectivity index (χ2n) is 5.86. The van der Waals surface area contributed by atoms with E-state index in [0.29, 0.717) is 19.4 Å². The Labute approximate surface area is 107 Å². The molecule has 102 valence electrons. The molecule has 5 nitrogen and oxygen atoms in total. The van der Waals surface area contributed by atoms with Crippen molar-refractivity contribution in [1.82, 2.24) is 10.6 Å². The number of piperidine rings is 1. The average Bonchev–Trinajstić information content (AvgIpc) is 2.78. The molecule has 2 fully saturated rings. The molecule has 3 N–H and O–H groups in total. The van der Waals surface area contributed by atoms with E-state index >= 15 is 0 Å². The van der Waals surface area contributed by atoms with Crippen LogP contribution < -0.4 is 10.6 Å². The van der Waals surface area contributed by atoms with Crippen LogP contribution in [-0.2, 0) is 9.59 Å². The predicted octanol–water partition coefficient (Wildman–Crippen LogP) is 0.746. The first-order valence-corrected chi connectivity index (χ1v) is 6.76. The SMILES string of the molecule is CC1(C(=O)NC2CCC(C(=O)O)C2)CCCNC1. The minimum Gasteiger partial charge on any atom is -0.481 e. The van der Waals surface area contributed by atoms with Gasteiger partial charge in [-0.1, -0.05) is 0 Å². The number of carboxylic acid groups (broad SMARTS) is 1. The third-order valence-electron chi connectivity index (χ3n) is 4.26. The highest BCUT2D eigenvalue weighted by atomic mass is 16.4. The fraction of sp³-hybridized carbons (Fsp3) is 0.846. The molecule has 1 saturated carbocycles. The van der Waals surface area contributed by atoms with Crippen molar-refractivity contribution in [2.75, 3.05) is 13.1 Å². The minimum absolute atomic E-state index is 0.0392. The minimum atomic E-state index is -0.739. The van der Waals surface area contributed by atoms with E-state index in [9.17, 15) is 9.59 Å². The number of nitrogens with one attached hydrogen (secondary N) is 2. The van der Waals surface area contributed by atoms with Crippen molar-refractivity contribution in [2.45, 2.75) is 45.1 Å². The molecule has 0 aromatic heterocycles. The molecule has 2 aliphatic rings. The molecule has 0 radical (unpaired) electrons. The Balaban J connectivity index is 1.86. The summed E-state index contributed by atoms with van der Waals surface area (Å²) >= 11 is 0. The molecular formula is C13H22N2O3. The van der Waals surface area contributed by atoms with Gasteiger partial charge in [-0.3, -0.25) is 9.59 Å². The molecule has 0 aromatic rings. The van der Waals surface area contributed by atoms with Crippen LogP contribution in [0.25, 0.3) is 0 Å². The molecule has 5 heteroatoms. The van der Waals surface area contributed by atoms with Crippen LogP contribution >= 0.6 is 0 Å². The van der Waals surface area contributed by atoms with E-state index in [1.807, 2.05) is 6.92 Å². The molecule has 1 aliphatic heterocycles. The van der Waals surface area contributed by atoms with Crippen LogP contribution in [0.4, 0.5) is 0 Å². The molecule has 3 unspecified atom stereocenters. The Morgan fingerprint density at radius 3 is 2.72 bits per heavy atom. The van der Waals surface area contributed by atoms with Gasteiger partial charge in [-0.25, -0.2) is 0 Å². The third-order valence-corrected chi connectivity index (χ3v) is 4.26. The zero-order valence-corrected chi connectivity index (χ0v) is 10.9. The van der Waals surface area contributed by atoms with Crippen molar-refractivity contribution >= 4 is 11.9 Å². The van der Waals surface area contributed by atoms with E-state index in [-0.39, 0.29) is 23.3 Å². The van der Waals surface area contributed by atoms with E-state index in [1.165, 1.54) is 0 Å². The third kappa shape index (κ3) is 2.83. The van der Waals surface area contributed by atoms with E-state index in [2.05, 4.69) is 10.6 Å². The van der Waals surface area contributed by atoms with E-state index < -0.39 is 5.97 Å². The highest BCUT2D eigenvalue weighted by Gasteiger charge is 2.37. The monoisotopic (exact) mass is 254 g/mol.